The van der Waals surface area contributed by atoms with Crippen LogP contribution in [0.5, 0.6) is 11.5 Å². The zero-order valence-corrected chi connectivity index (χ0v) is 25.2. The van der Waals surface area contributed by atoms with Crippen LogP contribution in [0.3, 0.4) is 0 Å². The Kier molecular flexibility index (Phi) is 5.31. The van der Waals surface area contributed by atoms with Crippen molar-refractivity contribution < 1.29 is 14.0 Å². The second-order valence-electron chi connectivity index (χ2n) is 11.5. The molecule has 9 aromatic rings. The summed E-state index contributed by atoms with van der Waals surface area (Å²) in [6.07, 6.45) is 0. The van der Waals surface area contributed by atoms with Crippen molar-refractivity contribution in [3.8, 4) is 11.5 Å². The molecule has 0 bridgehead atoms. The molecule has 0 spiro atoms. The first-order valence-electron chi connectivity index (χ1n) is 14.8. The summed E-state index contributed by atoms with van der Waals surface area (Å²) in [4.78, 5) is 0. The minimum Gasteiger partial charge on any atom is -0.493 e. The molecule has 0 aliphatic carbocycles. The van der Waals surface area contributed by atoms with Crippen molar-refractivity contribution in [2.75, 3.05) is 14.2 Å². The maximum Gasteiger partial charge on any atom is 0.172 e. The van der Waals surface area contributed by atoms with Gasteiger partial charge in [-0.25, -0.2) is 0 Å². The molecule has 0 aliphatic rings. The topological polar surface area (TPSA) is 35.5 Å². The average molecular weight is 587 g/mol. The average Bonchev–Trinajstić information content (AvgIpc) is 3.08. The van der Waals surface area contributed by atoms with Gasteiger partial charge in [-0.2, -0.15) is 0 Å². The first-order valence-corrected chi connectivity index (χ1v) is 16.5. The Balaban J connectivity index is 1.46. The lowest BCUT2D eigenvalue weighted by Gasteiger charge is -2.26. The zero-order valence-electron chi connectivity index (χ0n) is 24.3. The van der Waals surface area contributed by atoms with Gasteiger partial charge in [0.15, 0.2) is 18.6 Å². The van der Waals surface area contributed by atoms with Gasteiger partial charge in [0, 0.05) is 15.9 Å². The Labute approximate surface area is 254 Å². The van der Waals surface area contributed by atoms with E-state index in [-0.39, 0.29) is 0 Å². The molecular formula is C40H27O3P. The van der Waals surface area contributed by atoms with Crippen molar-refractivity contribution in [2.24, 2.45) is 0 Å². The molecular weight excluding hydrogens is 559 g/mol. The Morgan fingerprint density at radius 1 is 0.432 bits per heavy atom. The van der Waals surface area contributed by atoms with Crippen molar-refractivity contribution in [3.05, 3.63) is 127 Å². The monoisotopic (exact) mass is 586 g/mol. The Morgan fingerprint density at radius 3 is 1.30 bits per heavy atom. The van der Waals surface area contributed by atoms with Crippen LogP contribution in [0.4, 0.5) is 0 Å². The maximum absolute atomic E-state index is 16.5. The maximum atomic E-state index is 16.5. The third kappa shape index (κ3) is 3.31. The first-order chi connectivity index (χ1) is 21.6. The second-order valence-corrected chi connectivity index (χ2v) is 14.2. The van der Waals surface area contributed by atoms with E-state index < -0.39 is 7.14 Å². The van der Waals surface area contributed by atoms with E-state index in [4.69, 9.17) is 9.47 Å². The third-order valence-corrected chi connectivity index (χ3v) is 12.6. The van der Waals surface area contributed by atoms with Crippen molar-refractivity contribution in [2.45, 2.75) is 0 Å². The summed E-state index contributed by atoms with van der Waals surface area (Å²) < 4.78 is 27.8. The molecule has 44 heavy (non-hydrogen) atoms. The summed E-state index contributed by atoms with van der Waals surface area (Å²) in [5, 5.41) is 16.1. The van der Waals surface area contributed by atoms with Crippen LogP contribution in [0.2, 0.25) is 0 Å². The number of ether oxygens (including phenoxy) is 2. The van der Waals surface area contributed by atoms with E-state index in [2.05, 4.69) is 109 Å². The lowest BCUT2D eigenvalue weighted by molar-refractivity contribution is 0.355. The molecule has 0 unspecified atom stereocenters. The van der Waals surface area contributed by atoms with Gasteiger partial charge in [-0.1, -0.05) is 97.1 Å². The van der Waals surface area contributed by atoms with Crippen LogP contribution in [-0.2, 0) is 4.57 Å². The molecule has 0 amide bonds. The van der Waals surface area contributed by atoms with Crippen LogP contribution < -0.4 is 25.4 Å². The Hall–Kier alpha value is -5.11. The van der Waals surface area contributed by atoms with E-state index in [1.165, 1.54) is 32.3 Å². The van der Waals surface area contributed by atoms with E-state index >= 15 is 4.57 Å². The lowest BCUT2D eigenvalue weighted by atomic mass is 9.94. The van der Waals surface area contributed by atoms with Crippen LogP contribution in [0.1, 0.15) is 0 Å². The number of hydrogen-bond acceptors (Lipinski definition) is 3. The quantitative estimate of drug-likeness (QED) is 0.149. The van der Waals surface area contributed by atoms with E-state index in [1.807, 2.05) is 18.2 Å². The minimum atomic E-state index is -3.50. The molecule has 0 fully saturated rings. The third-order valence-electron chi connectivity index (χ3n) is 9.42. The number of methoxy groups -OCH3 is 2. The number of hydrogen-bond donors (Lipinski definition) is 0. The number of benzene rings is 9. The highest BCUT2D eigenvalue weighted by atomic mass is 31.2. The summed E-state index contributed by atoms with van der Waals surface area (Å²) in [5.41, 5.74) is 0. The van der Waals surface area contributed by atoms with Gasteiger partial charge in [0.25, 0.3) is 0 Å². The molecule has 0 atom stereocenters. The molecule has 0 saturated heterocycles. The summed E-state index contributed by atoms with van der Waals surface area (Å²) in [6.45, 7) is 0. The summed E-state index contributed by atoms with van der Waals surface area (Å²) in [6, 6.07) is 44.3. The van der Waals surface area contributed by atoms with Gasteiger partial charge < -0.3 is 14.0 Å². The van der Waals surface area contributed by atoms with E-state index in [9.17, 15) is 0 Å². The van der Waals surface area contributed by atoms with Crippen molar-refractivity contribution in [1.82, 2.24) is 0 Å². The van der Waals surface area contributed by atoms with Crippen LogP contribution in [0.15, 0.2) is 127 Å². The van der Waals surface area contributed by atoms with Crippen LogP contribution in [0, 0.1) is 0 Å². The molecule has 0 saturated carbocycles. The van der Waals surface area contributed by atoms with Crippen molar-refractivity contribution >= 4 is 87.7 Å². The molecule has 0 aromatic heterocycles. The van der Waals surface area contributed by atoms with Gasteiger partial charge in [0.2, 0.25) is 0 Å². The molecule has 0 N–H and O–H groups in total. The molecule has 210 valence electrons. The standard InChI is InChI=1S/C40H27O3P/c1-42-33-20-17-30(23-34(33)43-2)44(41,35-21-15-28-11-9-24-5-3-7-26-13-18-31(35)39(28)37(24)26)36-22-16-29-12-10-25-6-4-8-27-14-19-32(36)40(29)38(25)27/h3-23H,1-2H3. The van der Waals surface area contributed by atoms with Gasteiger partial charge in [0.1, 0.15) is 0 Å². The molecule has 0 aliphatic heterocycles. The van der Waals surface area contributed by atoms with Gasteiger partial charge in [-0.3, -0.25) is 0 Å². The fraction of sp³-hybridized carbons (Fsp3) is 0.0500. The summed E-state index contributed by atoms with van der Waals surface area (Å²) >= 11 is 0. The Morgan fingerprint density at radius 2 is 0.841 bits per heavy atom. The van der Waals surface area contributed by atoms with E-state index in [0.29, 0.717) is 16.8 Å². The molecule has 4 heteroatoms. The highest BCUT2D eigenvalue weighted by Gasteiger charge is 2.35. The highest BCUT2D eigenvalue weighted by molar-refractivity contribution is 7.86. The fourth-order valence-electron chi connectivity index (χ4n) is 7.42. The van der Waals surface area contributed by atoms with Crippen LogP contribution in [0.25, 0.3) is 64.6 Å². The zero-order chi connectivity index (χ0) is 29.6. The number of rotatable bonds is 5. The predicted molar refractivity (Wildman–Crippen MR) is 186 cm³/mol. The predicted octanol–water partition coefficient (Wildman–Crippen LogP) is 9.14. The minimum absolute atomic E-state index is 0.556. The summed E-state index contributed by atoms with van der Waals surface area (Å²) in [7, 11) is -0.251. The van der Waals surface area contributed by atoms with Gasteiger partial charge >= 0.3 is 0 Å². The van der Waals surface area contributed by atoms with E-state index in [0.717, 1.165) is 42.9 Å². The smallest absolute Gasteiger partial charge is 0.172 e. The molecule has 9 rings (SSSR count). The van der Waals surface area contributed by atoms with Gasteiger partial charge in [0.05, 0.1) is 14.2 Å². The van der Waals surface area contributed by atoms with Crippen molar-refractivity contribution in [1.29, 1.82) is 0 Å². The molecule has 0 heterocycles. The second kappa shape index (κ2) is 9.19. The first kappa shape index (κ1) is 25.4. The van der Waals surface area contributed by atoms with Gasteiger partial charge in [-0.05, 0) is 95.0 Å². The van der Waals surface area contributed by atoms with Crippen LogP contribution >= 0.6 is 7.14 Å². The fourth-order valence-corrected chi connectivity index (χ4v) is 10.4. The van der Waals surface area contributed by atoms with E-state index in [1.54, 1.807) is 14.2 Å². The molecule has 0 radical (unpaired) electrons. The SMILES string of the molecule is COc1ccc(P(=O)(c2ccc3ccc4cccc5ccc2c3c45)c2ccc3ccc4cccc5ccc2c3c45)cc1OC. The van der Waals surface area contributed by atoms with Crippen molar-refractivity contribution in [3.63, 3.8) is 0 Å². The van der Waals surface area contributed by atoms with Crippen LogP contribution in [-0.4, -0.2) is 14.2 Å². The molecule has 3 nitrogen and oxygen atoms in total. The largest absolute Gasteiger partial charge is 0.493 e. The highest BCUT2D eigenvalue weighted by Crippen LogP contribution is 2.50. The summed E-state index contributed by atoms with van der Waals surface area (Å²) in [5.74, 6) is 1.16. The lowest BCUT2D eigenvalue weighted by Crippen LogP contribution is -2.26. The Bertz CT molecular complexity index is 2430. The normalized spacial score (nSPS) is 12.4. The molecule has 9 aromatic carbocycles. The van der Waals surface area contributed by atoms with Gasteiger partial charge in [-0.15, -0.1) is 0 Å².